The van der Waals surface area contributed by atoms with Crippen molar-refractivity contribution in [3.05, 3.63) is 35.9 Å². The van der Waals surface area contributed by atoms with Crippen LogP contribution in [0.3, 0.4) is 0 Å². The first-order valence-corrected chi connectivity index (χ1v) is 7.44. The molecular weight excluding hydrogens is 280 g/mol. The number of ether oxygens (including phenoxy) is 1. The molecule has 0 radical (unpaired) electrons. The Hall–Kier alpha value is -1.31. The largest absolute Gasteiger partial charge is 0.378 e. The van der Waals surface area contributed by atoms with Gasteiger partial charge in [0.2, 0.25) is 0 Å². The molecule has 22 heavy (non-hydrogen) atoms. The molecule has 128 valence electrons. The van der Waals surface area contributed by atoms with Gasteiger partial charge in [-0.05, 0) is 33.1 Å². The Morgan fingerprint density at radius 2 is 1.73 bits per heavy atom. The second-order valence-electron chi connectivity index (χ2n) is 4.05. The molecule has 0 bridgehead atoms. The van der Waals surface area contributed by atoms with Crippen LogP contribution in [0.15, 0.2) is 30.3 Å². The van der Waals surface area contributed by atoms with E-state index in [-0.39, 0.29) is 6.04 Å². The third kappa shape index (κ3) is 9.59. The summed E-state index contributed by atoms with van der Waals surface area (Å²) in [4.78, 5) is 13.1. The molecule has 1 heterocycles. The van der Waals surface area contributed by atoms with Crippen molar-refractivity contribution in [2.45, 2.75) is 12.5 Å². The maximum Gasteiger partial charge on any atom is 0.139 e. The van der Waals surface area contributed by atoms with Gasteiger partial charge in [-0.25, -0.2) is 0 Å². The molecule has 6 N–H and O–H groups in total. The van der Waals surface area contributed by atoms with Crippen LogP contribution in [-0.4, -0.2) is 64.7 Å². The molecule has 1 fully saturated rings. The van der Waals surface area contributed by atoms with E-state index >= 15 is 0 Å². The van der Waals surface area contributed by atoms with Crippen LogP contribution < -0.4 is 17.2 Å². The summed E-state index contributed by atoms with van der Waals surface area (Å²) in [6.45, 7) is 3.06. The molecule has 1 atom stereocenters. The third-order valence-corrected chi connectivity index (χ3v) is 2.97. The second kappa shape index (κ2) is 17.7. The summed E-state index contributed by atoms with van der Waals surface area (Å²) in [5.41, 5.74) is 14.8. The van der Waals surface area contributed by atoms with Gasteiger partial charge >= 0.3 is 0 Å². The van der Waals surface area contributed by atoms with Gasteiger partial charge in [0.05, 0.1) is 19.3 Å². The molecule has 1 aliphatic heterocycles. The Morgan fingerprint density at radius 1 is 1.14 bits per heavy atom. The zero-order valence-corrected chi connectivity index (χ0v) is 14.1. The van der Waals surface area contributed by atoms with E-state index in [2.05, 4.69) is 34.2 Å². The molecule has 1 unspecified atom stereocenters. The number of carbonyl (C=O) groups is 1. The molecule has 6 heteroatoms. The smallest absolute Gasteiger partial charge is 0.139 e. The number of aldehydes is 1. The highest BCUT2D eigenvalue weighted by Crippen LogP contribution is 2.07. The number of nitrogens with two attached hydrogens (primary N) is 3. The summed E-state index contributed by atoms with van der Waals surface area (Å²) in [7, 11) is 4.50. The Labute approximate surface area is 134 Å². The van der Waals surface area contributed by atoms with E-state index in [9.17, 15) is 4.79 Å². The highest BCUT2D eigenvalue weighted by Gasteiger charge is 2.21. The lowest BCUT2D eigenvalue weighted by Crippen LogP contribution is -2.47. The van der Waals surface area contributed by atoms with Gasteiger partial charge in [0.1, 0.15) is 6.29 Å². The van der Waals surface area contributed by atoms with E-state index in [0.29, 0.717) is 6.61 Å². The van der Waals surface area contributed by atoms with Crippen molar-refractivity contribution < 1.29 is 9.53 Å². The van der Waals surface area contributed by atoms with Gasteiger partial charge < -0.3 is 26.7 Å². The number of benzene rings is 1. The average Bonchev–Trinajstić information content (AvgIpc) is 2.66. The van der Waals surface area contributed by atoms with Crippen molar-refractivity contribution in [2.24, 2.45) is 17.2 Å². The van der Waals surface area contributed by atoms with E-state index in [1.807, 2.05) is 18.2 Å². The number of morpholine rings is 1. The number of nitrogens with zero attached hydrogens (tertiary/aromatic N) is 1. The molecule has 6 nitrogen and oxygen atoms in total. The predicted molar refractivity (Wildman–Crippen MR) is 92.7 cm³/mol. The van der Waals surface area contributed by atoms with Gasteiger partial charge in [0, 0.05) is 13.1 Å². The Balaban J connectivity index is 0. The van der Waals surface area contributed by atoms with E-state index in [1.54, 1.807) is 0 Å². The maximum absolute atomic E-state index is 10.9. The standard InChI is InChI=1S/C13H17NO2.3CH5N/c15-10-13-11-16-9-8-14(13)7-6-12-4-2-1-3-5-12;3*1-2/h1-5,10,13H,6-9,11H2;3*2H2,1H3. The fourth-order valence-corrected chi connectivity index (χ4v) is 1.98. The van der Waals surface area contributed by atoms with Gasteiger partial charge in [0.15, 0.2) is 0 Å². The highest BCUT2D eigenvalue weighted by molar-refractivity contribution is 5.57. The van der Waals surface area contributed by atoms with Crippen LogP contribution >= 0.6 is 0 Å². The van der Waals surface area contributed by atoms with Gasteiger partial charge in [0.25, 0.3) is 0 Å². The van der Waals surface area contributed by atoms with Crippen molar-refractivity contribution in [2.75, 3.05) is 47.4 Å². The van der Waals surface area contributed by atoms with Crippen LogP contribution in [-0.2, 0) is 16.0 Å². The summed E-state index contributed by atoms with van der Waals surface area (Å²) in [6.07, 6.45) is 1.98. The first kappa shape index (κ1) is 23.0. The van der Waals surface area contributed by atoms with Crippen LogP contribution in [0.5, 0.6) is 0 Å². The molecule has 1 aromatic carbocycles. The number of carbonyl (C=O) groups excluding carboxylic acids is 1. The van der Waals surface area contributed by atoms with Crippen molar-refractivity contribution in [1.29, 1.82) is 0 Å². The van der Waals surface area contributed by atoms with E-state index in [4.69, 9.17) is 4.74 Å². The topological polar surface area (TPSA) is 108 Å². The fourth-order valence-electron chi connectivity index (χ4n) is 1.98. The predicted octanol–water partition coefficient (Wildman–Crippen LogP) is -0.146. The van der Waals surface area contributed by atoms with Crippen LogP contribution in [0.25, 0.3) is 0 Å². The normalized spacial score (nSPS) is 16.7. The quantitative estimate of drug-likeness (QED) is 0.668. The Kier molecular flexibility index (Phi) is 18.5. The van der Waals surface area contributed by atoms with E-state index in [1.165, 1.54) is 26.7 Å². The van der Waals surface area contributed by atoms with Gasteiger partial charge in [-0.3, -0.25) is 4.90 Å². The van der Waals surface area contributed by atoms with Crippen molar-refractivity contribution in [1.82, 2.24) is 4.90 Å². The first-order valence-electron chi connectivity index (χ1n) is 7.44. The molecule has 0 aromatic heterocycles. The minimum absolute atomic E-state index is 0.0579. The lowest BCUT2D eigenvalue weighted by Gasteiger charge is -2.32. The van der Waals surface area contributed by atoms with Crippen molar-refractivity contribution in [3.8, 4) is 0 Å². The molecule has 1 aliphatic rings. The highest BCUT2D eigenvalue weighted by atomic mass is 16.5. The number of rotatable bonds is 4. The van der Waals surface area contributed by atoms with E-state index in [0.717, 1.165) is 32.4 Å². The van der Waals surface area contributed by atoms with Gasteiger partial charge in [-0.1, -0.05) is 30.3 Å². The summed E-state index contributed by atoms with van der Waals surface area (Å²) in [6, 6.07) is 10.3. The van der Waals surface area contributed by atoms with Crippen molar-refractivity contribution >= 4 is 6.29 Å². The molecule has 0 aliphatic carbocycles. The lowest BCUT2D eigenvalue weighted by molar-refractivity contribution is -0.118. The molecule has 0 saturated carbocycles. The van der Waals surface area contributed by atoms with Gasteiger partial charge in [-0.15, -0.1) is 0 Å². The number of hydrogen-bond acceptors (Lipinski definition) is 6. The number of hydrogen-bond donors (Lipinski definition) is 3. The minimum atomic E-state index is -0.0579. The Morgan fingerprint density at radius 3 is 2.27 bits per heavy atom. The second-order valence-corrected chi connectivity index (χ2v) is 4.05. The zero-order valence-electron chi connectivity index (χ0n) is 14.1. The van der Waals surface area contributed by atoms with Crippen LogP contribution in [0.1, 0.15) is 5.56 Å². The first-order chi connectivity index (χ1) is 10.9. The molecule has 0 spiro atoms. The van der Waals surface area contributed by atoms with Crippen LogP contribution in [0.4, 0.5) is 0 Å². The SMILES string of the molecule is CN.CN.CN.O=CC1COCCN1CCc1ccccc1. The fraction of sp³-hybridized carbons (Fsp3) is 0.562. The maximum atomic E-state index is 10.9. The molecule has 1 aromatic rings. The summed E-state index contributed by atoms with van der Waals surface area (Å²) < 4.78 is 5.28. The molecular formula is C16H32N4O2. The minimum Gasteiger partial charge on any atom is -0.378 e. The summed E-state index contributed by atoms with van der Waals surface area (Å²) in [5.74, 6) is 0. The van der Waals surface area contributed by atoms with Crippen LogP contribution in [0.2, 0.25) is 0 Å². The Bertz CT molecular complexity index is 336. The average molecular weight is 312 g/mol. The van der Waals surface area contributed by atoms with Crippen molar-refractivity contribution in [3.63, 3.8) is 0 Å². The van der Waals surface area contributed by atoms with Gasteiger partial charge in [-0.2, -0.15) is 0 Å². The monoisotopic (exact) mass is 312 g/mol. The van der Waals surface area contributed by atoms with Crippen LogP contribution in [0, 0.1) is 0 Å². The molecule has 2 rings (SSSR count). The molecule has 1 saturated heterocycles. The van der Waals surface area contributed by atoms with E-state index < -0.39 is 0 Å². The third-order valence-electron chi connectivity index (χ3n) is 2.97. The summed E-state index contributed by atoms with van der Waals surface area (Å²) in [5, 5.41) is 0. The summed E-state index contributed by atoms with van der Waals surface area (Å²) >= 11 is 0. The lowest BCUT2D eigenvalue weighted by atomic mass is 10.1. The molecule has 0 amide bonds. The zero-order chi connectivity index (χ0) is 17.2.